The molecule has 1 N–H and O–H groups in total. The summed E-state index contributed by atoms with van der Waals surface area (Å²) in [5.74, 6) is 1.16. The third-order valence-electron chi connectivity index (χ3n) is 2.74. The molecule has 1 aliphatic rings. The first-order chi connectivity index (χ1) is 8.74. The van der Waals surface area contributed by atoms with Crippen LogP contribution < -0.4 is 10.1 Å². The van der Waals surface area contributed by atoms with Crippen LogP contribution in [0.3, 0.4) is 0 Å². The van der Waals surface area contributed by atoms with Crippen LogP contribution in [-0.4, -0.2) is 36.6 Å². The molecule has 0 saturated carbocycles. The van der Waals surface area contributed by atoms with Crippen LogP contribution in [0.1, 0.15) is 25.3 Å². The third kappa shape index (κ3) is 4.51. The van der Waals surface area contributed by atoms with Gasteiger partial charge in [-0.3, -0.25) is 0 Å². The molecule has 2 heterocycles. The summed E-state index contributed by atoms with van der Waals surface area (Å²) >= 11 is 1.52. The normalized spacial score (nSPS) is 19.6. The Morgan fingerprint density at radius 1 is 1.50 bits per heavy atom. The minimum Gasteiger partial charge on any atom is -0.469 e. The lowest BCUT2D eigenvalue weighted by atomic mass is 10.1. The lowest BCUT2D eigenvalue weighted by Crippen LogP contribution is -2.18. The number of aromatic nitrogens is 2. The van der Waals surface area contributed by atoms with E-state index < -0.39 is 0 Å². The molecule has 1 fully saturated rings. The molecule has 0 aromatic carbocycles. The van der Waals surface area contributed by atoms with Crippen molar-refractivity contribution in [3.63, 3.8) is 0 Å². The van der Waals surface area contributed by atoms with Crippen LogP contribution in [0.5, 0.6) is 5.19 Å². The minimum atomic E-state index is 0.511. The van der Waals surface area contributed by atoms with E-state index in [-0.39, 0.29) is 0 Å². The Morgan fingerprint density at radius 3 is 3.11 bits per heavy atom. The summed E-state index contributed by atoms with van der Waals surface area (Å²) in [6, 6.07) is 0. The molecule has 1 aliphatic heterocycles. The number of hydrogen-bond acceptors (Lipinski definition) is 6. The maximum Gasteiger partial charge on any atom is 0.294 e. The Hall–Kier alpha value is -0.720. The monoisotopic (exact) mass is 271 g/mol. The van der Waals surface area contributed by atoms with Crippen molar-refractivity contribution in [3.05, 3.63) is 5.01 Å². The molecule has 0 spiro atoms. The van der Waals surface area contributed by atoms with Gasteiger partial charge in [0, 0.05) is 19.1 Å². The van der Waals surface area contributed by atoms with Crippen LogP contribution >= 0.6 is 11.3 Å². The average Bonchev–Trinajstić information content (AvgIpc) is 2.96. The second-order valence-corrected chi connectivity index (χ2v) is 6.05. The van der Waals surface area contributed by atoms with Gasteiger partial charge in [0.1, 0.15) is 5.01 Å². The van der Waals surface area contributed by atoms with Gasteiger partial charge in [0.15, 0.2) is 0 Å². The fourth-order valence-corrected chi connectivity index (χ4v) is 2.41. The van der Waals surface area contributed by atoms with Crippen molar-refractivity contribution < 1.29 is 9.47 Å². The maximum absolute atomic E-state index is 5.64. The highest BCUT2D eigenvalue weighted by molar-refractivity contribution is 7.13. The lowest BCUT2D eigenvalue weighted by molar-refractivity contribution is 0.166. The van der Waals surface area contributed by atoms with E-state index >= 15 is 0 Å². The molecule has 102 valence electrons. The molecule has 2 rings (SSSR count). The zero-order chi connectivity index (χ0) is 12.8. The topological polar surface area (TPSA) is 56.3 Å². The highest BCUT2D eigenvalue weighted by atomic mass is 32.1. The van der Waals surface area contributed by atoms with Gasteiger partial charge in [0.05, 0.1) is 13.2 Å². The standard InChI is InChI=1S/C12H21N3O2S/c1-9(2)5-13-6-11-14-15-12(18-11)17-8-10-3-4-16-7-10/h9-10,13H,3-8H2,1-2H3. The third-order valence-corrected chi connectivity index (χ3v) is 3.58. The minimum absolute atomic E-state index is 0.511. The van der Waals surface area contributed by atoms with Gasteiger partial charge < -0.3 is 14.8 Å². The van der Waals surface area contributed by atoms with Crippen LogP contribution in [0.25, 0.3) is 0 Å². The molecular weight excluding hydrogens is 250 g/mol. The first-order valence-electron chi connectivity index (χ1n) is 6.47. The number of hydrogen-bond donors (Lipinski definition) is 1. The zero-order valence-corrected chi connectivity index (χ0v) is 11.8. The maximum atomic E-state index is 5.64. The van der Waals surface area contributed by atoms with Gasteiger partial charge >= 0.3 is 0 Å². The Kier molecular flexibility index (Phi) is 5.34. The molecule has 0 radical (unpaired) electrons. The molecule has 0 bridgehead atoms. The number of nitrogens with zero attached hydrogens (tertiary/aromatic N) is 2. The van der Waals surface area contributed by atoms with Crippen molar-refractivity contribution in [1.82, 2.24) is 15.5 Å². The summed E-state index contributed by atoms with van der Waals surface area (Å²) < 4.78 is 10.9. The molecule has 1 aromatic heterocycles. The smallest absolute Gasteiger partial charge is 0.294 e. The lowest BCUT2D eigenvalue weighted by Gasteiger charge is -2.06. The molecule has 1 atom stereocenters. The van der Waals surface area contributed by atoms with Crippen molar-refractivity contribution in [2.45, 2.75) is 26.8 Å². The van der Waals surface area contributed by atoms with Crippen molar-refractivity contribution >= 4 is 11.3 Å². The molecular formula is C12H21N3O2S. The van der Waals surface area contributed by atoms with Gasteiger partial charge in [-0.1, -0.05) is 25.2 Å². The zero-order valence-electron chi connectivity index (χ0n) is 11.0. The van der Waals surface area contributed by atoms with Crippen LogP contribution in [-0.2, 0) is 11.3 Å². The van der Waals surface area contributed by atoms with Crippen molar-refractivity contribution in [2.24, 2.45) is 11.8 Å². The average molecular weight is 271 g/mol. The van der Waals surface area contributed by atoms with Crippen molar-refractivity contribution in [2.75, 3.05) is 26.4 Å². The van der Waals surface area contributed by atoms with Gasteiger partial charge in [-0.15, -0.1) is 10.2 Å². The van der Waals surface area contributed by atoms with Gasteiger partial charge in [0.25, 0.3) is 5.19 Å². The van der Waals surface area contributed by atoms with E-state index in [0.29, 0.717) is 23.6 Å². The van der Waals surface area contributed by atoms with Gasteiger partial charge in [-0.2, -0.15) is 0 Å². The highest BCUT2D eigenvalue weighted by Gasteiger charge is 2.17. The number of ether oxygens (including phenoxy) is 2. The number of nitrogens with one attached hydrogen (secondary N) is 1. The Morgan fingerprint density at radius 2 is 2.39 bits per heavy atom. The predicted molar refractivity (Wildman–Crippen MR) is 70.9 cm³/mol. The molecule has 0 aliphatic carbocycles. The summed E-state index contributed by atoms with van der Waals surface area (Å²) in [6.07, 6.45) is 1.08. The Bertz CT molecular complexity index is 351. The second kappa shape index (κ2) is 7.01. The first kappa shape index (κ1) is 13.7. The highest BCUT2D eigenvalue weighted by Crippen LogP contribution is 2.20. The van der Waals surface area contributed by atoms with Gasteiger partial charge in [0.2, 0.25) is 0 Å². The van der Waals surface area contributed by atoms with E-state index in [2.05, 4.69) is 29.4 Å². The van der Waals surface area contributed by atoms with Gasteiger partial charge in [-0.05, 0) is 18.9 Å². The summed E-state index contributed by atoms with van der Waals surface area (Å²) in [6.45, 7) is 8.49. The molecule has 18 heavy (non-hydrogen) atoms. The Balaban J connectivity index is 1.68. The molecule has 1 unspecified atom stereocenters. The molecule has 1 aromatic rings. The summed E-state index contributed by atoms with van der Waals surface area (Å²) in [5, 5.41) is 13.1. The van der Waals surface area contributed by atoms with E-state index in [9.17, 15) is 0 Å². The van der Waals surface area contributed by atoms with Crippen LogP contribution in [0.15, 0.2) is 0 Å². The molecule has 6 heteroatoms. The fraction of sp³-hybridized carbons (Fsp3) is 0.833. The van der Waals surface area contributed by atoms with Crippen molar-refractivity contribution in [1.29, 1.82) is 0 Å². The summed E-state index contributed by atoms with van der Waals surface area (Å²) in [4.78, 5) is 0. The molecule has 1 saturated heterocycles. The van der Waals surface area contributed by atoms with Crippen LogP contribution in [0.4, 0.5) is 0 Å². The molecule has 5 nitrogen and oxygen atoms in total. The van der Waals surface area contributed by atoms with E-state index in [0.717, 1.165) is 37.7 Å². The Labute approximate surface area is 112 Å². The van der Waals surface area contributed by atoms with Crippen molar-refractivity contribution in [3.8, 4) is 5.19 Å². The quantitative estimate of drug-likeness (QED) is 0.818. The van der Waals surface area contributed by atoms with Crippen LogP contribution in [0, 0.1) is 11.8 Å². The number of rotatable bonds is 7. The fourth-order valence-electron chi connectivity index (χ4n) is 1.74. The van der Waals surface area contributed by atoms with E-state index in [4.69, 9.17) is 9.47 Å². The van der Waals surface area contributed by atoms with Gasteiger partial charge in [-0.25, -0.2) is 0 Å². The molecule has 0 amide bonds. The largest absolute Gasteiger partial charge is 0.469 e. The second-order valence-electron chi connectivity index (χ2n) is 5.03. The van der Waals surface area contributed by atoms with E-state index in [1.165, 1.54) is 11.3 Å². The van der Waals surface area contributed by atoms with E-state index in [1.807, 2.05) is 0 Å². The SMILES string of the molecule is CC(C)CNCc1nnc(OCC2CCOC2)s1. The summed E-state index contributed by atoms with van der Waals surface area (Å²) in [5.41, 5.74) is 0. The van der Waals surface area contributed by atoms with Crippen LogP contribution in [0.2, 0.25) is 0 Å². The van der Waals surface area contributed by atoms with E-state index in [1.54, 1.807) is 0 Å². The first-order valence-corrected chi connectivity index (χ1v) is 7.29. The summed E-state index contributed by atoms with van der Waals surface area (Å²) in [7, 11) is 0. The predicted octanol–water partition coefficient (Wildman–Crippen LogP) is 1.70.